The number of hydrogen-bond donors (Lipinski definition) is 1. The van der Waals surface area contributed by atoms with E-state index in [0.29, 0.717) is 11.9 Å². The Labute approximate surface area is 91.9 Å². The molecule has 1 rings (SSSR count). The summed E-state index contributed by atoms with van der Waals surface area (Å²) in [6.07, 6.45) is 3.43. The van der Waals surface area contributed by atoms with Crippen LogP contribution in [0.4, 0.5) is 0 Å². The van der Waals surface area contributed by atoms with Gasteiger partial charge in [-0.1, -0.05) is 19.1 Å². The number of ether oxygens (including phenoxy) is 1. The Balaban J connectivity index is 2.27. The van der Waals surface area contributed by atoms with E-state index >= 15 is 0 Å². The molecule has 0 aromatic heterocycles. The molecule has 2 nitrogen and oxygen atoms in total. The minimum atomic E-state index is 0.318. The van der Waals surface area contributed by atoms with Gasteiger partial charge in [0.05, 0.1) is 6.10 Å². The van der Waals surface area contributed by atoms with Crippen molar-refractivity contribution in [3.8, 4) is 5.75 Å². The molecule has 1 N–H and O–H groups in total. The van der Waals surface area contributed by atoms with Gasteiger partial charge in [-0.05, 0) is 43.9 Å². The van der Waals surface area contributed by atoms with E-state index in [1.807, 2.05) is 12.1 Å². The van der Waals surface area contributed by atoms with Crippen molar-refractivity contribution in [3.05, 3.63) is 29.8 Å². The highest BCUT2D eigenvalue weighted by atomic mass is 16.5. The summed E-state index contributed by atoms with van der Waals surface area (Å²) in [6.45, 7) is 5.07. The van der Waals surface area contributed by atoms with Gasteiger partial charge in [0, 0.05) is 6.61 Å². The maximum atomic E-state index is 9.13. The van der Waals surface area contributed by atoms with Crippen LogP contribution < -0.4 is 0 Å². The van der Waals surface area contributed by atoms with Crippen molar-refractivity contribution in [2.75, 3.05) is 6.61 Å². The SMILES string of the molecule is CCCOC(C)CCc1ccc(O)cc1. The molecule has 1 aromatic carbocycles. The minimum absolute atomic E-state index is 0.318. The molecule has 0 radical (unpaired) electrons. The largest absolute Gasteiger partial charge is 0.508 e. The number of benzene rings is 1. The topological polar surface area (TPSA) is 29.5 Å². The highest BCUT2D eigenvalue weighted by Gasteiger charge is 2.02. The lowest BCUT2D eigenvalue weighted by Gasteiger charge is -2.12. The first-order chi connectivity index (χ1) is 7.22. The van der Waals surface area contributed by atoms with Crippen molar-refractivity contribution in [1.82, 2.24) is 0 Å². The average molecular weight is 208 g/mol. The molecular weight excluding hydrogens is 188 g/mol. The van der Waals surface area contributed by atoms with E-state index in [2.05, 4.69) is 13.8 Å². The van der Waals surface area contributed by atoms with Crippen molar-refractivity contribution in [2.45, 2.75) is 39.2 Å². The van der Waals surface area contributed by atoms with E-state index in [1.54, 1.807) is 12.1 Å². The number of aromatic hydroxyl groups is 1. The predicted molar refractivity (Wildman–Crippen MR) is 62.1 cm³/mol. The Hall–Kier alpha value is -1.02. The lowest BCUT2D eigenvalue weighted by atomic mass is 10.1. The number of hydrogen-bond acceptors (Lipinski definition) is 2. The van der Waals surface area contributed by atoms with Gasteiger partial charge in [0.25, 0.3) is 0 Å². The first kappa shape index (κ1) is 12.1. The molecule has 0 bridgehead atoms. The zero-order valence-corrected chi connectivity index (χ0v) is 9.57. The zero-order valence-electron chi connectivity index (χ0n) is 9.57. The van der Waals surface area contributed by atoms with Crippen LogP contribution in [0.15, 0.2) is 24.3 Å². The average Bonchev–Trinajstić information content (AvgIpc) is 2.25. The molecule has 0 fully saturated rings. The molecule has 1 atom stereocenters. The maximum Gasteiger partial charge on any atom is 0.115 e. The van der Waals surface area contributed by atoms with Crippen LogP contribution in [0.2, 0.25) is 0 Å². The quantitative estimate of drug-likeness (QED) is 0.778. The highest BCUT2D eigenvalue weighted by Crippen LogP contribution is 2.12. The Morgan fingerprint density at radius 3 is 2.53 bits per heavy atom. The molecule has 0 heterocycles. The van der Waals surface area contributed by atoms with Crippen LogP contribution in [0.5, 0.6) is 5.75 Å². The van der Waals surface area contributed by atoms with Crippen LogP contribution in [0.1, 0.15) is 32.3 Å². The van der Waals surface area contributed by atoms with Crippen molar-refractivity contribution < 1.29 is 9.84 Å². The van der Waals surface area contributed by atoms with E-state index in [-0.39, 0.29) is 0 Å². The lowest BCUT2D eigenvalue weighted by Crippen LogP contribution is -2.09. The fourth-order valence-corrected chi connectivity index (χ4v) is 1.43. The monoisotopic (exact) mass is 208 g/mol. The molecule has 0 aliphatic carbocycles. The molecular formula is C13H20O2. The summed E-state index contributed by atoms with van der Waals surface area (Å²) in [5.41, 5.74) is 1.25. The van der Waals surface area contributed by atoms with Gasteiger partial charge in [-0.15, -0.1) is 0 Å². The normalized spacial score (nSPS) is 12.7. The van der Waals surface area contributed by atoms with E-state index < -0.39 is 0 Å². The van der Waals surface area contributed by atoms with Crippen molar-refractivity contribution >= 4 is 0 Å². The van der Waals surface area contributed by atoms with Crippen LogP contribution in [-0.4, -0.2) is 17.8 Å². The van der Waals surface area contributed by atoms with Crippen LogP contribution in [0, 0.1) is 0 Å². The third kappa shape index (κ3) is 4.84. The number of phenolic OH excluding ortho intramolecular Hbond substituents is 1. The summed E-state index contributed by atoms with van der Waals surface area (Å²) in [6, 6.07) is 7.38. The predicted octanol–water partition coefficient (Wildman–Crippen LogP) is 3.14. The van der Waals surface area contributed by atoms with Crippen LogP contribution in [0.25, 0.3) is 0 Å². The fraction of sp³-hybridized carbons (Fsp3) is 0.538. The second-order valence-corrected chi connectivity index (χ2v) is 3.89. The molecule has 0 amide bonds. The van der Waals surface area contributed by atoms with Gasteiger partial charge < -0.3 is 9.84 Å². The van der Waals surface area contributed by atoms with Gasteiger partial charge in [0.15, 0.2) is 0 Å². The molecule has 1 unspecified atom stereocenters. The number of aryl methyl sites for hydroxylation is 1. The Morgan fingerprint density at radius 1 is 1.27 bits per heavy atom. The second kappa shape index (κ2) is 6.46. The molecule has 0 aliphatic heterocycles. The van der Waals surface area contributed by atoms with E-state index in [1.165, 1.54) is 5.56 Å². The van der Waals surface area contributed by atoms with Gasteiger partial charge in [0.1, 0.15) is 5.75 Å². The zero-order chi connectivity index (χ0) is 11.1. The Morgan fingerprint density at radius 2 is 1.93 bits per heavy atom. The number of rotatable bonds is 6. The van der Waals surface area contributed by atoms with Gasteiger partial charge in [-0.3, -0.25) is 0 Å². The molecule has 0 spiro atoms. The summed E-state index contributed by atoms with van der Waals surface area (Å²) >= 11 is 0. The van der Waals surface area contributed by atoms with Crippen molar-refractivity contribution in [1.29, 1.82) is 0 Å². The Kier molecular flexibility index (Phi) is 5.19. The smallest absolute Gasteiger partial charge is 0.115 e. The van der Waals surface area contributed by atoms with Crippen LogP contribution in [-0.2, 0) is 11.2 Å². The van der Waals surface area contributed by atoms with Gasteiger partial charge in [-0.2, -0.15) is 0 Å². The van der Waals surface area contributed by atoms with Gasteiger partial charge >= 0.3 is 0 Å². The summed E-state index contributed by atoms with van der Waals surface area (Å²) in [5.74, 6) is 0.328. The van der Waals surface area contributed by atoms with Gasteiger partial charge in [-0.25, -0.2) is 0 Å². The fourth-order valence-electron chi connectivity index (χ4n) is 1.43. The summed E-state index contributed by atoms with van der Waals surface area (Å²) in [7, 11) is 0. The molecule has 0 saturated heterocycles. The summed E-state index contributed by atoms with van der Waals surface area (Å²) in [4.78, 5) is 0. The highest BCUT2D eigenvalue weighted by molar-refractivity contribution is 5.25. The Bertz CT molecular complexity index is 266. The number of phenols is 1. The standard InChI is InChI=1S/C13H20O2/c1-3-10-15-11(2)4-5-12-6-8-13(14)9-7-12/h6-9,11,14H,3-5,10H2,1-2H3. The lowest BCUT2D eigenvalue weighted by molar-refractivity contribution is 0.0610. The molecule has 0 saturated carbocycles. The van der Waals surface area contributed by atoms with Gasteiger partial charge in [0.2, 0.25) is 0 Å². The van der Waals surface area contributed by atoms with Crippen LogP contribution >= 0.6 is 0 Å². The van der Waals surface area contributed by atoms with Crippen molar-refractivity contribution in [2.24, 2.45) is 0 Å². The summed E-state index contributed by atoms with van der Waals surface area (Å²) < 4.78 is 5.59. The molecule has 1 aromatic rings. The third-order valence-electron chi connectivity index (χ3n) is 2.38. The minimum Gasteiger partial charge on any atom is -0.508 e. The molecule has 15 heavy (non-hydrogen) atoms. The van der Waals surface area contributed by atoms with E-state index in [9.17, 15) is 0 Å². The molecule has 2 heteroatoms. The summed E-state index contributed by atoms with van der Waals surface area (Å²) in [5, 5.41) is 9.13. The molecule has 84 valence electrons. The van der Waals surface area contributed by atoms with Crippen molar-refractivity contribution in [3.63, 3.8) is 0 Å². The third-order valence-corrected chi connectivity index (χ3v) is 2.38. The molecule has 0 aliphatic rings. The van der Waals surface area contributed by atoms with Crippen LogP contribution in [0.3, 0.4) is 0 Å². The second-order valence-electron chi connectivity index (χ2n) is 3.89. The first-order valence-corrected chi connectivity index (χ1v) is 5.62. The van der Waals surface area contributed by atoms with E-state index in [4.69, 9.17) is 9.84 Å². The van der Waals surface area contributed by atoms with E-state index in [0.717, 1.165) is 25.9 Å². The maximum absolute atomic E-state index is 9.13. The first-order valence-electron chi connectivity index (χ1n) is 5.62.